The maximum Gasteiger partial charge on any atom is 0.384 e. The van der Waals surface area contributed by atoms with Gasteiger partial charge in [0.2, 0.25) is 0 Å². The van der Waals surface area contributed by atoms with Gasteiger partial charge in [0.15, 0.2) is 11.5 Å². The fraction of sp³-hybridized carbons (Fsp3) is 0.231. The predicted molar refractivity (Wildman–Crippen MR) is 62.3 cm³/mol. The Balaban J connectivity index is 2.27. The number of carbonyl (C=O) groups is 1. The van der Waals surface area contributed by atoms with Crippen molar-refractivity contribution < 1.29 is 13.9 Å². The third kappa shape index (κ3) is 2.64. The first-order valence-corrected chi connectivity index (χ1v) is 5.25. The van der Waals surface area contributed by atoms with Gasteiger partial charge in [0, 0.05) is 18.4 Å². The van der Waals surface area contributed by atoms with Crippen LogP contribution in [0.3, 0.4) is 0 Å². The fourth-order valence-electron chi connectivity index (χ4n) is 1.41. The summed E-state index contributed by atoms with van der Waals surface area (Å²) >= 11 is 0. The normalized spacial score (nSPS) is 9.76. The molecule has 0 radical (unpaired) electrons. The van der Waals surface area contributed by atoms with E-state index in [1.807, 2.05) is 0 Å². The Morgan fingerprint density at radius 2 is 2.35 bits per heavy atom. The van der Waals surface area contributed by atoms with Crippen molar-refractivity contribution in [2.45, 2.75) is 13.8 Å². The van der Waals surface area contributed by atoms with E-state index in [1.54, 1.807) is 32.0 Å². The second kappa shape index (κ2) is 4.71. The molecule has 0 aliphatic rings. The van der Waals surface area contributed by atoms with Gasteiger partial charge in [-0.15, -0.1) is 0 Å². The quantitative estimate of drug-likeness (QED) is 0.554. The molecule has 0 aliphatic heterocycles. The van der Waals surface area contributed by atoms with Gasteiger partial charge < -0.3 is 9.15 Å². The molecule has 0 aliphatic carbocycles. The number of fused-ring (bicyclic) bond motifs is 1. The van der Waals surface area contributed by atoms with Gasteiger partial charge in [-0.2, -0.15) is 0 Å². The first-order valence-electron chi connectivity index (χ1n) is 5.25. The van der Waals surface area contributed by atoms with Crippen molar-refractivity contribution in [3.63, 3.8) is 0 Å². The van der Waals surface area contributed by atoms with E-state index in [-0.39, 0.29) is 0 Å². The van der Waals surface area contributed by atoms with Crippen molar-refractivity contribution in [1.82, 2.24) is 4.98 Å². The van der Waals surface area contributed by atoms with Crippen LogP contribution in [0.25, 0.3) is 11.1 Å². The number of rotatable bonds is 1. The van der Waals surface area contributed by atoms with Crippen LogP contribution in [0.15, 0.2) is 22.6 Å². The maximum absolute atomic E-state index is 11.1. The number of nitrogens with zero attached hydrogens (tertiary/aromatic N) is 1. The Morgan fingerprint density at radius 3 is 3.12 bits per heavy atom. The molecule has 2 aromatic rings. The summed E-state index contributed by atoms with van der Waals surface area (Å²) in [7, 11) is 0. The first-order chi connectivity index (χ1) is 8.19. The number of hydrogen-bond acceptors (Lipinski definition) is 4. The molecule has 0 spiro atoms. The van der Waals surface area contributed by atoms with Crippen LogP contribution >= 0.6 is 0 Å². The van der Waals surface area contributed by atoms with Gasteiger partial charge >= 0.3 is 5.97 Å². The zero-order valence-electron chi connectivity index (χ0n) is 9.61. The highest BCUT2D eigenvalue weighted by atomic mass is 16.5. The molecule has 0 bridgehead atoms. The average Bonchev–Trinajstić information content (AvgIpc) is 2.66. The van der Waals surface area contributed by atoms with Crippen LogP contribution in [0.4, 0.5) is 0 Å². The molecule has 0 fully saturated rings. The average molecular weight is 229 g/mol. The predicted octanol–water partition coefficient (Wildman–Crippen LogP) is 2.05. The number of benzene rings is 1. The van der Waals surface area contributed by atoms with E-state index in [4.69, 9.17) is 9.15 Å². The van der Waals surface area contributed by atoms with Crippen molar-refractivity contribution in [2.75, 3.05) is 6.61 Å². The lowest BCUT2D eigenvalue weighted by Crippen LogP contribution is -1.99. The Hall–Kier alpha value is -2.28. The van der Waals surface area contributed by atoms with Crippen molar-refractivity contribution >= 4 is 17.1 Å². The highest BCUT2D eigenvalue weighted by Crippen LogP contribution is 2.16. The van der Waals surface area contributed by atoms with Gasteiger partial charge in [0.05, 0.1) is 6.61 Å². The van der Waals surface area contributed by atoms with Gasteiger partial charge in [-0.25, -0.2) is 9.78 Å². The molecule has 2 rings (SSSR count). The van der Waals surface area contributed by atoms with E-state index in [2.05, 4.69) is 16.8 Å². The van der Waals surface area contributed by atoms with Gasteiger partial charge in [0.1, 0.15) is 5.52 Å². The Bertz CT molecular complexity index is 616. The van der Waals surface area contributed by atoms with E-state index in [0.29, 0.717) is 23.6 Å². The topological polar surface area (TPSA) is 52.3 Å². The lowest BCUT2D eigenvalue weighted by atomic mass is 10.2. The van der Waals surface area contributed by atoms with E-state index < -0.39 is 5.97 Å². The largest absolute Gasteiger partial charge is 0.456 e. The second-order valence-electron chi connectivity index (χ2n) is 3.39. The molecule has 17 heavy (non-hydrogen) atoms. The molecule has 4 heteroatoms. The lowest BCUT2D eigenvalue weighted by molar-refractivity contribution is -0.136. The molecule has 0 amide bonds. The summed E-state index contributed by atoms with van der Waals surface area (Å²) in [6, 6.07) is 5.34. The van der Waals surface area contributed by atoms with Crippen molar-refractivity contribution in [3.8, 4) is 11.8 Å². The molecule has 0 saturated heterocycles. The number of aryl methyl sites for hydroxylation is 1. The number of ether oxygens (including phenoxy) is 1. The standard InChI is InChI=1S/C13H11NO3/c1-3-16-13(15)7-5-10-4-6-12-11(8-10)14-9(2)17-12/h4,6,8H,3H2,1-2H3. The summed E-state index contributed by atoms with van der Waals surface area (Å²) < 4.78 is 10.0. The third-order valence-corrected chi connectivity index (χ3v) is 2.08. The number of hydrogen-bond donors (Lipinski definition) is 0. The zero-order chi connectivity index (χ0) is 12.3. The van der Waals surface area contributed by atoms with Gasteiger partial charge in [-0.3, -0.25) is 0 Å². The van der Waals surface area contributed by atoms with Crippen LogP contribution in [0.1, 0.15) is 18.4 Å². The minimum atomic E-state index is -0.524. The molecule has 1 aromatic carbocycles. The molecular formula is C13H11NO3. The minimum Gasteiger partial charge on any atom is -0.456 e. The smallest absolute Gasteiger partial charge is 0.384 e. The van der Waals surface area contributed by atoms with Crippen LogP contribution in [-0.2, 0) is 9.53 Å². The van der Waals surface area contributed by atoms with E-state index in [9.17, 15) is 4.79 Å². The molecule has 1 aromatic heterocycles. The van der Waals surface area contributed by atoms with Crippen LogP contribution in [0, 0.1) is 18.8 Å². The summed E-state index contributed by atoms with van der Waals surface area (Å²) in [4.78, 5) is 15.2. The molecule has 0 unspecified atom stereocenters. The highest BCUT2D eigenvalue weighted by Gasteiger charge is 2.01. The van der Waals surface area contributed by atoms with Crippen molar-refractivity contribution in [3.05, 3.63) is 29.7 Å². The van der Waals surface area contributed by atoms with E-state index in [0.717, 1.165) is 5.52 Å². The molecule has 0 N–H and O–H groups in total. The Kier molecular flexibility index (Phi) is 3.10. The van der Waals surface area contributed by atoms with E-state index in [1.165, 1.54) is 0 Å². The molecule has 0 atom stereocenters. The number of oxazole rings is 1. The van der Waals surface area contributed by atoms with Crippen molar-refractivity contribution in [2.24, 2.45) is 0 Å². The maximum atomic E-state index is 11.1. The third-order valence-electron chi connectivity index (χ3n) is 2.08. The molecular weight excluding hydrogens is 218 g/mol. The summed E-state index contributed by atoms with van der Waals surface area (Å²) in [5.41, 5.74) is 2.15. The fourth-order valence-corrected chi connectivity index (χ4v) is 1.41. The Labute approximate surface area is 98.6 Å². The zero-order valence-corrected chi connectivity index (χ0v) is 9.61. The highest BCUT2D eigenvalue weighted by molar-refractivity contribution is 5.89. The summed E-state index contributed by atoms with van der Waals surface area (Å²) in [5, 5.41) is 0. The van der Waals surface area contributed by atoms with Crippen LogP contribution in [0.5, 0.6) is 0 Å². The number of esters is 1. The molecule has 4 nitrogen and oxygen atoms in total. The number of aromatic nitrogens is 1. The molecule has 86 valence electrons. The summed E-state index contributed by atoms with van der Waals surface area (Å²) in [5.74, 6) is 5.21. The van der Waals surface area contributed by atoms with Gasteiger partial charge in [0.25, 0.3) is 0 Å². The summed E-state index contributed by atoms with van der Waals surface area (Å²) in [6.07, 6.45) is 0. The summed E-state index contributed by atoms with van der Waals surface area (Å²) in [6.45, 7) is 3.85. The molecule has 0 saturated carbocycles. The van der Waals surface area contributed by atoms with Gasteiger partial charge in [-0.1, -0.05) is 5.92 Å². The first kappa shape index (κ1) is 11.2. The van der Waals surface area contributed by atoms with E-state index >= 15 is 0 Å². The Morgan fingerprint density at radius 1 is 1.53 bits per heavy atom. The van der Waals surface area contributed by atoms with Crippen molar-refractivity contribution in [1.29, 1.82) is 0 Å². The number of carbonyl (C=O) groups excluding carboxylic acids is 1. The van der Waals surface area contributed by atoms with Gasteiger partial charge in [-0.05, 0) is 25.1 Å². The van der Waals surface area contributed by atoms with Crippen LogP contribution < -0.4 is 0 Å². The minimum absolute atomic E-state index is 0.328. The molecule has 1 heterocycles. The van der Waals surface area contributed by atoms with Crippen LogP contribution in [0.2, 0.25) is 0 Å². The SMILES string of the molecule is CCOC(=O)C#Cc1ccc2oc(C)nc2c1. The van der Waals surface area contributed by atoms with Crippen LogP contribution in [-0.4, -0.2) is 17.6 Å². The monoisotopic (exact) mass is 229 g/mol. The lowest BCUT2D eigenvalue weighted by Gasteiger charge is -1.91. The second-order valence-corrected chi connectivity index (χ2v) is 3.39.